The topological polar surface area (TPSA) is 17.8 Å². The van der Waals surface area contributed by atoms with Gasteiger partial charge in [0.15, 0.2) is 0 Å². The Morgan fingerprint density at radius 3 is 2.20 bits per heavy atom. The molecule has 0 spiro atoms. The van der Waals surface area contributed by atoms with Gasteiger partial charge >= 0.3 is 174 Å². The molecule has 2 aromatic heterocycles. The van der Waals surface area contributed by atoms with E-state index in [1.807, 2.05) is 18.3 Å². The molecule has 0 atom stereocenters. The van der Waals surface area contributed by atoms with Crippen molar-refractivity contribution in [3.05, 3.63) is 91.1 Å². The molecule has 3 aromatic carbocycles. The third-order valence-electron chi connectivity index (χ3n) is 5.48. The normalized spacial score (nSPS) is 11.6. The van der Waals surface area contributed by atoms with Gasteiger partial charge in [0.1, 0.15) is 0 Å². The molecule has 0 saturated carbocycles. The van der Waals surface area contributed by atoms with E-state index in [9.17, 15) is 0 Å². The molecule has 0 aliphatic carbocycles. The molecule has 0 N–H and O–H groups in total. The summed E-state index contributed by atoms with van der Waals surface area (Å²) < 4.78 is 3.95. The van der Waals surface area contributed by atoms with Gasteiger partial charge in [-0.1, -0.05) is 0 Å². The molecule has 151 valence electrons. The number of hydrogen-bond acceptors (Lipinski definition) is 1. The van der Waals surface area contributed by atoms with Crippen molar-refractivity contribution in [2.24, 2.45) is 0 Å². The fourth-order valence-corrected chi connectivity index (χ4v) is 7.45. The van der Waals surface area contributed by atoms with E-state index >= 15 is 0 Å². The molecule has 0 fully saturated rings. The van der Waals surface area contributed by atoms with E-state index in [0.717, 1.165) is 16.8 Å². The first-order valence-electron chi connectivity index (χ1n) is 10.0. The van der Waals surface area contributed by atoms with Crippen LogP contribution in [0.15, 0.2) is 85.1 Å². The molecule has 5 rings (SSSR count). The molecule has 0 amide bonds. The van der Waals surface area contributed by atoms with Crippen LogP contribution in [0, 0.1) is 6.07 Å². The zero-order valence-electron chi connectivity index (χ0n) is 17.3. The van der Waals surface area contributed by atoms with Gasteiger partial charge in [0, 0.05) is 20.1 Å². The van der Waals surface area contributed by atoms with Gasteiger partial charge in [-0.05, 0) is 0 Å². The third kappa shape index (κ3) is 3.45. The van der Waals surface area contributed by atoms with Crippen LogP contribution >= 0.6 is 0 Å². The SMILES string of the molecule is [CH3][Ge]([CH3])([CH3])[c]1cccc2c3ccnc(-c4[c-]cccc4)c3n(-c3ccccc3)c12.[Ir]. The number of rotatable bonds is 3. The van der Waals surface area contributed by atoms with Gasteiger partial charge in [0.25, 0.3) is 0 Å². The summed E-state index contributed by atoms with van der Waals surface area (Å²) in [4.78, 5) is 4.81. The molecular weight excluding hydrogens is 605 g/mol. The second kappa shape index (κ2) is 8.15. The number of hydrogen-bond donors (Lipinski definition) is 0. The van der Waals surface area contributed by atoms with Crippen molar-refractivity contribution in [2.45, 2.75) is 17.3 Å². The van der Waals surface area contributed by atoms with Crippen molar-refractivity contribution < 1.29 is 20.1 Å². The monoisotopic (exact) mass is 630 g/mol. The van der Waals surface area contributed by atoms with Crippen LogP contribution in [-0.4, -0.2) is 22.8 Å². The Kier molecular flexibility index (Phi) is 5.72. The molecule has 0 aliphatic heterocycles. The number of fused-ring (bicyclic) bond motifs is 3. The smallest absolute Gasteiger partial charge is 0 e. The summed E-state index contributed by atoms with van der Waals surface area (Å²) in [5, 5.41) is 2.56. The van der Waals surface area contributed by atoms with Gasteiger partial charge in [0.2, 0.25) is 0 Å². The average molecular weight is 628 g/mol. The number of para-hydroxylation sites is 2. The molecule has 2 heterocycles. The molecule has 4 heteroatoms. The van der Waals surface area contributed by atoms with Crippen LogP contribution < -0.4 is 4.40 Å². The Hall–Kier alpha value is -2.20. The Morgan fingerprint density at radius 1 is 0.767 bits per heavy atom. The van der Waals surface area contributed by atoms with Crippen LogP contribution in [-0.2, 0) is 20.1 Å². The molecule has 2 nitrogen and oxygen atoms in total. The first-order chi connectivity index (χ1) is 14.1. The van der Waals surface area contributed by atoms with Crippen LogP contribution in [0.25, 0.3) is 38.8 Å². The molecule has 0 aliphatic rings. The second-order valence-electron chi connectivity index (χ2n) is 8.45. The van der Waals surface area contributed by atoms with Gasteiger partial charge in [-0.25, -0.2) is 0 Å². The fourth-order valence-electron chi connectivity index (χ4n) is 4.19. The molecule has 5 aromatic rings. The van der Waals surface area contributed by atoms with Gasteiger partial charge < -0.3 is 0 Å². The minimum absolute atomic E-state index is 0. The third-order valence-corrected chi connectivity index (χ3v) is 9.72. The van der Waals surface area contributed by atoms with Gasteiger partial charge in [-0.3, -0.25) is 0 Å². The Bertz CT molecular complexity index is 1320. The quantitative estimate of drug-likeness (QED) is 0.172. The van der Waals surface area contributed by atoms with Crippen molar-refractivity contribution in [1.82, 2.24) is 9.55 Å². The first kappa shape index (κ1) is 21.1. The number of aromatic nitrogens is 2. The second-order valence-corrected chi connectivity index (χ2v) is 19.0. The molecule has 0 bridgehead atoms. The maximum atomic E-state index is 4.81. The standard InChI is InChI=1S/C26H23GeN2.Ir/c1-27(2,3)23-16-10-15-21-22-17-18-28-24(19-11-6-4-7-12-19)26(22)29(25(21)23)20-13-8-5-9-14-20;/h4-11,13-18H,1-3H3;/q-1;. The molecule has 30 heavy (non-hydrogen) atoms. The fraction of sp³-hybridized carbons (Fsp3) is 0.115. The van der Waals surface area contributed by atoms with Crippen LogP contribution in [0.2, 0.25) is 17.3 Å². The van der Waals surface area contributed by atoms with Crippen LogP contribution in [0.3, 0.4) is 0 Å². The predicted molar refractivity (Wildman–Crippen MR) is 126 cm³/mol. The van der Waals surface area contributed by atoms with Crippen LogP contribution in [0.5, 0.6) is 0 Å². The zero-order chi connectivity index (χ0) is 20.0. The summed E-state index contributed by atoms with van der Waals surface area (Å²) >= 11 is -2.13. The van der Waals surface area contributed by atoms with Crippen molar-refractivity contribution in [3.8, 4) is 16.9 Å². The van der Waals surface area contributed by atoms with E-state index in [4.69, 9.17) is 4.98 Å². The van der Waals surface area contributed by atoms with E-state index in [1.54, 1.807) is 0 Å². The summed E-state index contributed by atoms with van der Waals surface area (Å²) in [6.45, 7) is 0. The summed E-state index contributed by atoms with van der Waals surface area (Å²) in [6, 6.07) is 31.1. The summed E-state index contributed by atoms with van der Waals surface area (Å²) in [5.74, 6) is 7.39. The zero-order valence-corrected chi connectivity index (χ0v) is 21.8. The maximum absolute atomic E-state index is 4.81. The number of pyridine rings is 1. The van der Waals surface area contributed by atoms with E-state index in [0.29, 0.717) is 0 Å². The van der Waals surface area contributed by atoms with Crippen LogP contribution in [0.4, 0.5) is 0 Å². The summed E-state index contributed by atoms with van der Waals surface area (Å²) in [5.41, 5.74) is 5.69. The van der Waals surface area contributed by atoms with Gasteiger partial charge in [-0.15, -0.1) is 0 Å². The van der Waals surface area contributed by atoms with E-state index in [2.05, 4.69) is 94.6 Å². The maximum Gasteiger partial charge on any atom is 0 e. The minimum atomic E-state index is -2.13. The number of nitrogens with zero attached hydrogens (tertiary/aromatic N) is 2. The summed E-state index contributed by atoms with van der Waals surface area (Å²) in [7, 11) is 0. The minimum Gasteiger partial charge on any atom is 0 e. The molecular formula is C26H23GeIrN2-. The first-order valence-corrected chi connectivity index (χ1v) is 17.3. The van der Waals surface area contributed by atoms with Crippen molar-refractivity contribution in [2.75, 3.05) is 0 Å². The van der Waals surface area contributed by atoms with Gasteiger partial charge in [0.05, 0.1) is 0 Å². The number of benzene rings is 3. The molecule has 1 radical (unpaired) electrons. The molecule has 0 unspecified atom stereocenters. The van der Waals surface area contributed by atoms with Crippen molar-refractivity contribution >= 4 is 39.5 Å². The van der Waals surface area contributed by atoms with Crippen molar-refractivity contribution in [1.29, 1.82) is 0 Å². The van der Waals surface area contributed by atoms with E-state index in [1.165, 1.54) is 26.4 Å². The predicted octanol–water partition coefficient (Wildman–Crippen LogP) is 6.19. The summed E-state index contributed by atoms with van der Waals surface area (Å²) in [6.07, 6.45) is 1.93. The van der Waals surface area contributed by atoms with Crippen molar-refractivity contribution in [3.63, 3.8) is 0 Å². The largest absolute Gasteiger partial charge is 0 e. The van der Waals surface area contributed by atoms with E-state index in [-0.39, 0.29) is 20.1 Å². The van der Waals surface area contributed by atoms with Gasteiger partial charge in [-0.2, -0.15) is 0 Å². The Morgan fingerprint density at radius 2 is 1.50 bits per heavy atom. The Labute approximate surface area is 193 Å². The Balaban J connectivity index is 0.00000218. The average Bonchev–Trinajstić information content (AvgIpc) is 3.09. The van der Waals surface area contributed by atoms with E-state index < -0.39 is 13.3 Å². The van der Waals surface area contributed by atoms with Crippen LogP contribution in [0.1, 0.15) is 0 Å². The molecule has 0 saturated heterocycles.